The van der Waals surface area contributed by atoms with E-state index in [1.807, 2.05) is 12.1 Å². The first-order valence-electron chi connectivity index (χ1n) is 7.00. The highest BCUT2D eigenvalue weighted by Gasteiger charge is 2.20. The maximum absolute atomic E-state index is 7.43. The number of piperidine rings is 1. The Morgan fingerprint density at radius 1 is 1.42 bits per heavy atom. The summed E-state index contributed by atoms with van der Waals surface area (Å²) < 4.78 is 0. The second kappa shape index (κ2) is 6.29. The van der Waals surface area contributed by atoms with Crippen LogP contribution in [0.3, 0.4) is 0 Å². The molecular weight excluding hydrogens is 258 g/mol. The van der Waals surface area contributed by atoms with Gasteiger partial charge in [-0.25, -0.2) is 0 Å². The second-order valence-electron chi connectivity index (χ2n) is 5.30. The summed E-state index contributed by atoms with van der Waals surface area (Å²) in [6.45, 7) is 4.40. The zero-order valence-corrected chi connectivity index (χ0v) is 12.2. The smallest absolute Gasteiger partial charge is 0.122 e. The van der Waals surface area contributed by atoms with E-state index in [-0.39, 0.29) is 5.84 Å². The van der Waals surface area contributed by atoms with Crippen molar-refractivity contribution in [2.24, 2.45) is 11.7 Å². The van der Waals surface area contributed by atoms with Crippen molar-refractivity contribution in [1.82, 2.24) is 0 Å². The van der Waals surface area contributed by atoms with Gasteiger partial charge in [0, 0.05) is 18.7 Å². The summed E-state index contributed by atoms with van der Waals surface area (Å²) in [6.07, 6.45) is 5.11. The van der Waals surface area contributed by atoms with Crippen LogP contribution in [0.15, 0.2) is 18.2 Å². The van der Waals surface area contributed by atoms with E-state index < -0.39 is 0 Å². The number of anilines is 1. The van der Waals surface area contributed by atoms with Crippen molar-refractivity contribution in [3.8, 4) is 0 Å². The van der Waals surface area contributed by atoms with Crippen LogP contribution in [0.2, 0.25) is 5.02 Å². The lowest BCUT2D eigenvalue weighted by Gasteiger charge is -2.34. The van der Waals surface area contributed by atoms with Crippen molar-refractivity contribution in [3.05, 3.63) is 28.8 Å². The second-order valence-corrected chi connectivity index (χ2v) is 5.71. The van der Waals surface area contributed by atoms with E-state index >= 15 is 0 Å². The number of rotatable bonds is 4. The van der Waals surface area contributed by atoms with Crippen LogP contribution in [0.4, 0.5) is 5.69 Å². The van der Waals surface area contributed by atoms with Gasteiger partial charge in [0.2, 0.25) is 0 Å². The maximum Gasteiger partial charge on any atom is 0.122 e. The van der Waals surface area contributed by atoms with Crippen molar-refractivity contribution in [2.75, 3.05) is 18.0 Å². The molecular formula is C15H22ClN3. The minimum absolute atomic E-state index is 0.0649. The molecule has 2 rings (SSSR count). The highest BCUT2D eigenvalue weighted by molar-refractivity contribution is 6.33. The van der Waals surface area contributed by atoms with E-state index in [2.05, 4.69) is 11.8 Å². The third kappa shape index (κ3) is 3.41. The summed E-state index contributed by atoms with van der Waals surface area (Å²) in [5.41, 5.74) is 7.23. The molecule has 3 nitrogen and oxygen atoms in total. The van der Waals surface area contributed by atoms with Gasteiger partial charge in [-0.05, 0) is 37.0 Å². The molecule has 1 aliphatic heterocycles. The lowest BCUT2D eigenvalue weighted by molar-refractivity contribution is 0.378. The third-order valence-corrected chi connectivity index (χ3v) is 4.21. The largest absolute Gasteiger partial charge is 0.384 e. The maximum atomic E-state index is 7.43. The number of nitrogens with zero attached hydrogens (tertiary/aromatic N) is 1. The molecule has 0 atom stereocenters. The number of nitrogens with two attached hydrogens (primary N) is 1. The van der Waals surface area contributed by atoms with Crippen LogP contribution in [0.1, 0.15) is 38.2 Å². The first kappa shape index (κ1) is 14.2. The van der Waals surface area contributed by atoms with Gasteiger partial charge in [-0.2, -0.15) is 0 Å². The average Bonchev–Trinajstić information content (AvgIpc) is 2.40. The third-order valence-electron chi connectivity index (χ3n) is 3.91. The topological polar surface area (TPSA) is 53.1 Å². The SMILES string of the molecule is CCCC1CCN(c2ccc(C(=N)N)cc2Cl)CC1. The number of amidine groups is 1. The zero-order chi connectivity index (χ0) is 13.8. The highest BCUT2D eigenvalue weighted by atomic mass is 35.5. The summed E-state index contributed by atoms with van der Waals surface area (Å²) in [5, 5.41) is 8.12. The molecule has 0 bridgehead atoms. The predicted octanol–water partition coefficient (Wildman–Crippen LogP) is 3.64. The Balaban J connectivity index is 2.05. The van der Waals surface area contributed by atoms with E-state index in [1.54, 1.807) is 6.07 Å². The minimum Gasteiger partial charge on any atom is -0.384 e. The van der Waals surface area contributed by atoms with Crippen molar-refractivity contribution in [1.29, 1.82) is 5.41 Å². The van der Waals surface area contributed by atoms with Gasteiger partial charge in [-0.15, -0.1) is 0 Å². The molecule has 4 heteroatoms. The first-order chi connectivity index (χ1) is 9.11. The van der Waals surface area contributed by atoms with Gasteiger partial charge in [0.05, 0.1) is 10.7 Å². The molecule has 1 aliphatic rings. The molecule has 0 aliphatic carbocycles. The standard InChI is InChI=1S/C15H22ClN3/c1-2-3-11-6-8-19(9-7-11)14-5-4-12(15(17)18)10-13(14)16/h4-5,10-11H,2-3,6-9H2,1H3,(H3,17,18). The van der Waals surface area contributed by atoms with Gasteiger partial charge < -0.3 is 10.6 Å². The molecule has 1 aromatic rings. The molecule has 0 aromatic heterocycles. The number of hydrogen-bond donors (Lipinski definition) is 2. The molecule has 0 radical (unpaired) electrons. The molecule has 0 saturated carbocycles. The molecule has 1 saturated heterocycles. The van der Waals surface area contributed by atoms with Crippen LogP contribution >= 0.6 is 11.6 Å². The van der Waals surface area contributed by atoms with Gasteiger partial charge in [0.15, 0.2) is 0 Å². The van der Waals surface area contributed by atoms with Crippen LogP contribution in [-0.2, 0) is 0 Å². The predicted molar refractivity (Wildman–Crippen MR) is 82.3 cm³/mol. The molecule has 19 heavy (non-hydrogen) atoms. The van der Waals surface area contributed by atoms with Crippen LogP contribution in [0.25, 0.3) is 0 Å². The molecule has 1 fully saturated rings. The Kier molecular flexibility index (Phi) is 4.70. The fourth-order valence-electron chi connectivity index (χ4n) is 2.80. The van der Waals surface area contributed by atoms with Crippen molar-refractivity contribution >= 4 is 23.1 Å². The Morgan fingerprint density at radius 2 is 2.11 bits per heavy atom. The Morgan fingerprint density at radius 3 is 2.63 bits per heavy atom. The number of nitrogens with one attached hydrogen (secondary N) is 1. The molecule has 0 unspecified atom stereocenters. The van der Waals surface area contributed by atoms with E-state index in [0.717, 1.165) is 24.7 Å². The van der Waals surface area contributed by atoms with Gasteiger partial charge in [0.1, 0.15) is 5.84 Å². The number of nitrogen functional groups attached to an aromatic ring is 1. The molecule has 1 heterocycles. The Bertz CT molecular complexity index is 451. The number of benzene rings is 1. The minimum atomic E-state index is 0.0649. The van der Waals surface area contributed by atoms with Crippen molar-refractivity contribution in [2.45, 2.75) is 32.6 Å². The molecule has 104 valence electrons. The van der Waals surface area contributed by atoms with Gasteiger partial charge in [-0.3, -0.25) is 5.41 Å². The number of hydrogen-bond acceptors (Lipinski definition) is 2. The molecule has 0 amide bonds. The summed E-state index contributed by atoms with van der Waals surface area (Å²) in [6, 6.07) is 5.65. The van der Waals surface area contributed by atoms with Crippen LogP contribution < -0.4 is 10.6 Å². The first-order valence-corrected chi connectivity index (χ1v) is 7.38. The van der Waals surface area contributed by atoms with Crippen molar-refractivity contribution in [3.63, 3.8) is 0 Å². The summed E-state index contributed by atoms with van der Waals surface area (Å²) in [5.74, 6) is 0.937. The van der Waals surface area contributed by atoms with E-state index in [9.17, 15) is 0 Å². The average molecular weight is 280 g/mol. The summed E-state index contributed by atoms with van der Waals surface area (Å²) in [7, 11) is 0. The van der Waals surface area contributed by atoms with Gasteiger partial charge in [0.25, 0.3) is 0 Å². The van der Waals surface area contributed by atoms with E-state index in [4.69, 9.17) is 22.7 Å². The fourth-order valence-corrected chi connectivity index (χ4v) is 3.10. The van der Waals surface area contributed by atoms with E-state index in [1.165, 1.54) is 25.7 Å². The van der Waals surface area contributed by atoms with Gasteiger partial charge in [-0.1, -0.05) is 31.4 Å². The molecule has 0 spiro atoms. The molecule has 3 N–H and O–H groups in total. The fraction of sp³-hybridized carbons (Fsp3) is 0.533. The van der Waals surface area contributed by atoms with Crippen LogP contribution in [0, 0.1) is 11.3 Å². The highest BCUT2D eigenvalue weighted by Crippen LogP contribution is 2.31. The summed E-state index contributed by atoms with van der Waals surface area (Å²) in [4.78, 5) is 2.35. The van der Waals surface area contributed by atoms with Crippen LogP contribution in [-0.4, -0.2) is 18.9 Å². The quantitative estimate of drug-likeness (QED) is 0.653. The zero-order valence-electron chi connectivity index (χ0n) is 11.5. The monoisotopic (exact) mass is 279 g/mol. The lowest BCUT2D eigenvalue weighted by Crippen LogP contribution is -2.33. The Hall–Kier alpha value is -1.22. The van der Waals surface area contributed by atoms with Crippen molar-refractivity contribution < 1.29 is 0 Å². The Labute approximate surface area is 120 Å². The lowest BCUT2D eigenvalue weighted by atomic mass is 9.92. The molecule has 1 aromatic carbocycles. The summed E-state index contributed by atoms with van der Waals surface area (Å²) >= 11 is 6.31. The normalized spacial score (nSPS) is 16.6. The number of halogens is 1. The van der Waals surface area contributed by atoms with Gasteiger partial charge >= 0.3 is 0 Å². The van der Waals surface area contributed by atoms with Crippen LogP contribution in [0.5, 0.6) is 0 Å². The van der Waals surface area contributed by atoms with E-state index in [0.29, 0.717) is 10.6 Å².